The van der Waals surface area contributed by atoms with Crippen molar-refractivity contribution in [1.82, 2.24) is 0 Å². The quantitative estimate of drug-likeness (QED) is 0.442. The predicted octanol–water partition coefficient (Wildman–Crippen LogP) is 5.54. The molecule has 3 rings (SSSR count). The summed E-state index contributed by atoms with van der Waals surface area (Å²) in [4.78, 5) is 13.0. The van der Waals surface area contributed by atoms with Crippen molar-refractivity contribution < 1.29 is 14.3 Å². The summed E-state index contributed by atoms with van der Waals surface area (Å²) in [6.45, 7) is 0. The van der Waals surface area contributed by atoms with Crippen LogP contribution < -0.4 is 14.8 Å². The molecule has 0 aliphatic rings. The molecule has 0 spiro atoms. The molecule has 28 heavy (non-hydrogen) atoms. The monoisotopic (exact) mass is 393 g/mol. The van der Waals surface area contributed by atoms with E-state index < -0.39 is 0 Å². The molecular formula is C23H20ClNO3. The molecule has 0 saturated heterocycles. The van der Waals surface area contributed by atoms with Crippen molar-refractivity contribution in [2.45, 2.75) is 0 Å². The maximum absolute atomic E-state index is 13.0. The van der Waals surface area contributed by atoms with E-state index >= 15 is 0 Å². The summed E-state index contributed by atoms with van der Waals surface area (Å²) in [7, 11) is 3.16. The van der Waals surface area contributed by atoms with Crippen LogP contribution in [0.1, 0.15) is 11.1 Å². The molecule has 5 heteroatoms. The molecule has 1 N–H and O–H groups in total. The van der Waals surface area contributed by atoms with E-state index in [9.17, 15) is 4.79 Å². The Balaban J connectivity index is 1.93. The van der Waals surface area contributed by atoms with Crippen LogP contribution in [0.25, 0.3) is 11.6 Å². The highest BCUT2D eigenvalue weighted by Crippen LogP contribution is 2.28. The van der Waals surface area contributed by atoms with Crippen LogP contribution in [-0.2, 0) is 4.79 Å². The van der Waals surface area contributed by atoms with Crippen LogP contribution in [0.3, 0.4) is 0 Å². The van der Waals surface area contributed by atoms with E-state index in [-0.39, 0.29) is 5.91 Å². The normalized spacial score (nSPS) is 11.0. The number of nitrogens with one attached hydrogen (secondary N) is 1. The zero-order chi connectivity index (χ0) is 19.9. The molecule has 142 valence electrons. The minimum Gasteiger partial charge on any atom is -0.497 e. The van der Waals surface area contributed by atoms with Crippen molar-refractivity contribution in [2.24, 2.45) is 0 Å². The first-order chi connectivity index (χ1) is 13.6. The molecular weight excluding hydrogens is 374 g/mol. The summed E-state index contributed by atoms with van der Waals surface area (Å²) in [5, 5.41) is 3.33. The molecule has 0 heterocycles. The summed E-state index contributed by atoms with van der Waals surface area (Å²) >= 11 is 6.17. The van der Waals surface area contributed by atoms with E-state index in [0.717, 1.165) is 16.9 Å². The smallest absolute Gasteiger partial charge is 0.256 e. The van der Waals surface area contributed by atoms with E-state index in [0.29, 0.717) is 22.0 Å². The summed E-state index contributed by atoms with van der Waals surface area (Å²) < 4.78 is 10.3. The molecule has 0 aromatic heterocycles. The van der Waals surface area contributed by atoms with Crippen molar-refractivity contribution >= 4 is 34.8 Å². The molecule has 4 nitrogen and oxygen atoms in total. The van der Waals surface area contributed by atoms with Crippen LogP contribution in [-0.4, -0.2) is 20.1 Å². The molecule has 0 fully saturated rings. The van der Waals surface area contributed by atoms with Gasteiger partial charge in [-0.25, -0.2) is 0 Å². The van der Waals surface area contributed by atoms with Gasteiger partial charge in [0.2, 0.25) is 0 Å². The van der Waals surface area contributed by atoms with E-state index in [1.54, 1.807) is 32.4 Å². The highest BCUT2D eigenvalue weighted by Gasteiger charge is 2.13. The Kier molecular flexibility index (Phi) is 6.35. The highest BCUT2D eigenvalue weighted by atomic mass is 35.5. The largest absolute Gasteiger partial charge is 0.497 e. The molecule has 0 saturated carbocycles. The number of rotatable bonds is 6. The summed E-state index contributed by atoms with van der Waals surface area (Å²) in [6, 6.07) is 22.1. The lowest BCUT2D eigenvalue weighted by atomic mass is 10.0. The van der Waals surface area contributed by atoms with Gasteiger partial charge in [-0.3, -0.25) is 4.79 Å². The summed E-state index contributed by atoms with van der Waals surface area (Å²) in [5.41, 5.74) is 2.84. The number of carbonyl (C=O) groups is 1. The number of hydrogen-bond acceptors (Lipinski definition) is 3. The standard InChI is InChI=1S/C23H20ClNO3/c1-27-19-11-8-16(9-12-19)14-20(17-6-4-3-5-7-17)23(26)25-18-10-13-22(28-2)21(24)15-18/h3-15H,1-2H3,(H,25,26)/b20-14+. The van der Waals surface area contributed by atoms with E-state index in [4.69, 9.17) is 21.1 Å². The van der Waals surface area contributed by atoms with Gasteiger partial charge in [-0.05, 0) is 47.5 Å². The fourth-order valence-electron chi connectivity index (χ4n) is 2.71. The van der Waals surface area contributed by atoms with Gasteiger partial charge >= 0.3 is 0 Å². The molecule has 0 aliphatic carbocycles. The van der Waals surface area contributed by atoms with Crippen LogP contribution in [0.2, 0.25) is 5.02 Å². The Hall–Kier alpha value is -3.24. The zero-order valence-electron chi connectivity index (χ0n) is 15.6. The lowest BCUT2D eigenvalue weighted by Gasteiger charge is -2.11. The van der Waals surface area contributed by atoms with Crippen molar-refractivity contribution in [2.75, 3.05) is 19.5 Å². The van der Waals surface area contributed by atoms with Gasteiger partial charge in [0.25, 0.3) is 5.91 Å². The molecule has 3 aromatic carbocycles. The van der Waals surface area contributed by atoms with E-state index in [2.05, 4.69) is 5.32 Å². The second-order valence-corrected chi connectivity index (χ2v) is 6.41. The van der Waals surface area contributed by atoms with Crippen molar-refractivity contribution in [3.05, 3.63) is 88.9 Å². The van der Waals surface area contributed by atoms with Crippen molar-refractivity contribution in [1.29, 1.82) is 0 Å². The topological polar surface area (TPSA) is 47.6 Å². The lowest BCUT2D eigenvalue weighted by Crippen LogP contribution is -2.13. The van der Waals surface area contributed by atoms with Crippen molar-refractivity contribution in [3.8, 4) is 11.5 Å². The minimum absolute atomic E-state index is 0.233. The lowest BCUT2D eigenvalue weighted by molar-refractivity contribution is -0.111. The van der Waals surface area contributed by atoms with Crippen LogP contribution in [0.15, 0.2) is 72.8 Å². The third-order valence-corrected chi connectivity index (χ3v) is 4.46. The summed E-state index contributed by atoms with van der Waals surface area (Å²) in [6.07, 6.45) is 1.84. The van der Waals surface area contributed by atoms with Crippen LogP contribution in [0.5, 0.6) is 11.5 Å². The first-order valence-electron chi connectivity index (χ1n) is 8.67. The van der Waals surface area contributed by atoms with Gasteiger partial charge in [-0.2, -0.15) is 0 Å². The molecule has 1 amide bonds. The molecule has 3 aromatic rings. The Bertz CT molecular complexity index is 982. The Labute approximate surface area is 169 Å². The number of methoxy groups -OCH3 is 2. The molecule has 0 bridgehead atoms. The first kappa shape index (κ1) is 19.5. The van der Waals surface area contributed by atoms with Crippen molar-refractivity contribution in [3.63, 3.8) is 0 Å². The van der Waals surface area contributed by atoms with Crippen LogP contribution >= 0.6 is 11.6 Å². The van der Waals surface area contributed by atoms with Gasteiger partial charge in [-0.1, -0.05) is 54.1 Å². The number of anilines is 1. The third kappa shape index (κ3) is 4.72. The number of halogens is 1. The van der Waals surface area contributed by atoms with Crippen LogP contribution in [0, 0.1) is 0 Å². The van der Waals surface area contributed by atoms with Gasteiger partial charge in [0.15, 0.2) is 0 Å². The van der Waals surface area contributed by atoms with Gasteiger partial charge in [-0.15, -0.1) is 0 Å². The zero-order valence-corrected chi connectivity index (χ0v) is 16.4. The second-order valence-electron chi connectivity index (χ2n) is 6.00. The maximum atomic E-state index is 13.0. The van der Waals surface area contributed by atoms with E-state index in [1.165, 1.54) is 0 Å². The van der Waals surface area contributed by atoms with Gasteiger partial charge in [0.05, 0.1) is 19.2 Å². The fraction of sp³-hybridized carbons (Fsp3) is 0.0870. The number of carbonyl (C=O) groups excluding carboxylic acids is 1. The van der Waals surface area contributed by atoms with Gasteiger partial charge in [0.1, 0.15) is 11.5 Å². The van der Waals surface area contributed by atoms with Gasteiger partial charge in [0, 0.05) is 11.3 Å². The average Bonchev–Trinajstić information content (AvgIpc) is 2.73. The SMILES string of the molecule is COc1ccc(/C=C(/C(=O)Nc2ccc(OC)c(Cl)c2)c2ccccc2)cc1. The van der Waals surface area contributed by atoms with Crippen LogP contribution in [0.4, 0.5) is 5.69 Å². The number of amides is 1. The molecule has 0 unspecified atom stereocenters. The molecule has 0 radical (unpaired) electrons. The average molecular weight is 394 g/mol. The van der Waals surface area contributed by atoms with E-state index in [1.807, 2.05) is 60.7 Å². The first-order valence-corrected chi connectivity index (χ1v) is 9.04. The third-order valence-electron chi connectivity index (χ3n) is 4.17. The minimum atomic E-state index is -0.233. The highest BCUT2D eigenvalue weighted by molar-refractivity contribution is 6.33. The summed E-state index contributed by atoms with van der Waals surface area (Å²) in [5.74, 6) is 1.08. The molecule has 0 aliphatic heterocycles. The number of benzene rings is 3. The Morgan fingerprint density at radius 1 is 0.929 bits per heavy atom. The Morgan fingerprint density at radius 3 is 2.25 bits per heavy atom. The number of ether oxygens (including phenoxy) is 2. The van der Waals surface area contributed by atoms with Gasteiger partial charge < -0.3 is 14.8 Å². The fourth-order valence-corrected chi connectivity index (χ4v) is 2.96. The Morgan fingerprint density at radius 2 is 1.64 bits per heavy atom. The molecule has 0 atom stereocenters. The maximum Gasteiger partial charge on any atom is 0.256 e. The second kappa shape index (κ2) is 9.11. The predicted molar refractivity (Wildman–Crippen MR) is 114 cm³/mol. The number of hydrogen-bond donors (Lipinski definition) is 1.